The van der Waals surface area contributed by atoms with E-state index in [0.717, 1.165) is 5.56 Å². The van der Waals surface area contributed by atoms with Gasteiger partial charge in [-0.1, -0.05) is 41.9 Å². The second-order valence-electron chi connectivity index (χ2n) is 4.83. The molecule has 1 amide bonds. The number of primary amides is 1. The van der Waals surface area contributed by atoms with Crippen LogP contribution in [0.25, 0.3) is 17.1 Å². The summed E-state index contributed by atoms with van der Waals surface area (Å²) in [4.78, 5) is 15.6. The number of nitrogens with zero attached hydrogens (tertiary/aromatic N) is 3. The summed E-state index contributed by atoms with van der Waals surface area (Å²) >= 11 is 6.02. The van der Waals surface area contributed by atoms with Crippen LogP contribution in [0, 0.1) is 0 Å². The first kappa shape index (κ1) is 15.2. The number of hydrogen-bond acceptors (Lipinski definition) is 4. The lowest BCUT2D eigenvalue weighted by Gasteiger charge is -2.08. The lowest BCUT2D eigenvalue weighted by molar-refractivity contribution is 0.0990. The van der Waals surface area contributed by atoms with E-state index in [1.165, 1.54) is 4.68 Å². The largest absolute Gasteiger partial charge is 0.392 e. The van der Waals surface area contributed by atoms with Gasteiger partial charge in [0.25, 0.3) is 5.91 Å². The van der Waals surface area contributed by atoms with Crippen molar-refractivity contribution in [1.29, 1.82) is 0 Å². The zero-order chi connectivity index (χ0) is 16.4. The standard InChI is InChI=1S/C16H13ClN4O2/c17-13-7-6-12(8-11(13)9-22)21-16(10-4-2-1-3-5-10)19-15(20-21)14(18)23/h1-8,22H,9H2,(H2,18,23). The van der Waals surface area contributed by atoms with Gasteiger partial charge in [0.15, 0.2) is 5.82 Å². The molecule has 1 heterocycles. The molecule has 23 heavy (non-hydrogen) atoms. The molecule has 3 rings (SSSR count). The number of nitrogens with two attached hydrogens (primary N) is 1. The van der Waals surface area contributed by atoms with Crippen molar-refractivity contribution in [3.63, 3.8) is 0 Å². The molecular weight excluding hydrogens is 316 g/mol. The van der Waals surface area contributed by atoms with Gasteiger partial charge >= 0.3 is 0 Å². The highest BCUT2D eigenvalue weighted by Gasteiger charge is 2.17. The number of carbonyl (C=O) groups is 1. The number of halogens is 1. The zero-order valence-electron chi connectivity index (χ0n) is 12.0. The van der Waals surface area contributed by atoms with Gasteiger partial charge in [0.1, 0.15) is 0 Å². The second-order valence-corrected chi connectivity index (χ2v) is 5.24. The average molecular weight is 329 g/mol. The van der Waals surface area contributed by atoms with Crippen LogP contribution in [0.4, 0.5) is 0 Å². The van der Waals surface area contributed by atoms with E-state index in [1.807, 2.05) is 30.3 Å². The first-order valence-corrected chi connectivity index (χ1v) is 7.20. The maximum Gasteiger partial charge on any atom is 0.288 e. The molecule has 3 aromatic rings. The fraction of sp³-hybridized carbons (Fsp3) is 0.0625. The van der Waals surface area contributed by atoms with Crippen LogP contribution in [0.2, 0.25) is 5.02 Å². The summed E-state index contributed by atoms with van der Waals surface area (Å²) in [7, 11) is 0. The van der Waals surface area contributed by atoms with Gasteiger partial charge in [-0.3, -0.25) is 4.79 Å². The fourth-order valence-corrected chi connectivity index (χ4v) is 2.36. The molecule has 0 spiro atoms. The van der Waals surface area contributed by atoms with Gasteiger partial charge in [0, 0.05) is 10.6 Å². The minimum absolute atomic E-state index is 0.0793. The van der Waals surface area contributed by atoms with Crippen molar-refractivity contribution in [1.82, 2.24) is 14.8 Å². The Kier molecular flexibility index (Phi) is 4.10. The Morgan fingerprint density at radius 1 is 1.22 bits per heavy atom. The van der Waals surface area contributed by atoms with Crippen molar-refractivity contribution >= 4 is 17.5 Å². The minimum atomic E-state index is -0.711. The van der Waals surface area contributed by atoms with Crippen LogP contribution in [0.3, 0.4) is 0 Å². The molecule has 0 unspecified atom stereocenters. The molecular formula is C16H13ClN4O2. The van der Waals surface area contributed by atoms with Crippen LogP contribution in [0.5, 0.6) is 0 Å². The fourth-order valence-electron chi connectivity index (χ4n) is 2.18. The second kappa shape index (κ2) is 6.20. The number of rotatable bonds is 4. The Bertz CT molecular complexity index is 862. The Morgan fingerprint density at radius 2 is 1.96 bits per heavy atom. The van der Waals surface area contributed by atoms with Gasteiger partial charge < -0.3 is 10.8 Å². The van der Waals surface area contributed by atoms with Crippen LogP contribution in [-0.2, 0) is 6.61 Å². The number of hydrogen-bond donors (Lipinski definition) is 2. The summed E-state index contributed by atoms with van der Waals surface area (Å²) in [6, 6.07) is 14.4. The van der Waals surface area contributed by atoms with Crippen molar-refractivity contribution < 1.29 is 9.90 Å². The van der Waals surface area contributed by atoms with E-state index in [4.69, 9.17) is 17.3 Å². The molecule has 0 radical (unpaired) electrons. The van der Waals surface area contributed by atoms with Gasteiger partial charge in [-0.15, -0.1) is 5.10 Å². The highest BCUT2D eigenvalue weighted by molar-refractivity contribution is 6.31. The third-order valence-corrected chi connectivity index (χ3v) is 3.67. The predicted octanol–water partition coefficient (Wildman–Crippen LogP) is 2.18. The van der Waals surface area contributed by atoms with E-state index in [-0.39, 0.29) is 12.4 Å². The van der Waals surface area contributed by atoms with Crippen LogP contribution in [-0.4, -0.2) is 25.8 Å². The number of benzene rings is 2. The van der Waals surface area contributed by atoms with Gasteiger partial charge in [-0.2, -0.15) is 0 Å². The molecule has 0 fully saturated rings. The van der Waals surface area contributed by atoms with Crippen LogP contribution >= 0.6 is 11.6 Å². The van der Waals surface area contributed by atoms with Gasteiger partial charge in [-0.25, -0.2) is 9.67 Å². The maximum absolute atomic E-state index is 11.4. The Morgan fingerprint density at radius 3 is 2.61 bits per heavy atom. The van der Waals surface area contributed by atoms with Crippen molar-refractivity contribution in [3.8, 4) is 17.1 Å². The third-order valence-electron chi connectivity index (χ3n) is 3.30. The smallest absolute Gasteiger partial charge is 0.288 e. The molecule has 0 atom stereocenters. The predicted molar refractivity (Wildman–Crippen MR) is 86.2 cm³/mol. The molecule has 0 aliphatic rings. The van der Waals surface area contributed by atoms with Crippen LogP contribution < -0.4 is 5.73 Å². The zero-order valence-corrected chi connectivity index (χ0v) is 12.7. The van der Waals surface area contributed by atoms with E-state index in [9.17, 15) is 9.90 Å². The highest BCUT2D eigenvalue weighted by atomic mass is 35.5. The Hall–Kier alpha value is -2.70. The molecule has 116 valence electrons. The average Bonchev–Trinajstić information content (AvgIpc) is 3.02. The minimum Gasteiger partial charge on any atom is -0.392 e. The molecule has 3 N–H and O–H groups in total. The summed E-state index contributed by atoms with van der Waals surface area (Å²) in [6.07, 6.45) is 0. The monoisotopic (exact) mass is 328 g/mol. The van der Waals surface area contributed by atoms with E-state index in [0.29, 0.717) is 22.1 Å². The lowest BCUT2D eigenvalue weighted by Crippen LogP contribution is -2.13. The molecule has 0 saturated carbocycles. The van der Waals surface area contributed by atoms with Gasteiger partial charge in [-0.05, 0) is 23.8 Å². The SMILES string of the molecule is NC(=O)c1nc(-c2ccccc2)n(-c2ccc(Cl)c(CO)c2)n1. The maximum atomic E-state index is 11.4. The molecule has 0 bridgehead atoms. The number of aromatic nitrogens is 3. The third kappa shape index (κ3) is 2.94. The van der Waals surface area contributed by atoms with Crippen molar-refractivity contribution in [3.05, 3.63) is 64.9 Å². The number of aliphatic hydroxyl groups excluding tert-OH is 1. The molecule has 6 nitrogen and oxygen atoms in total. The molecule has 0 aliphatic carbocycles. The van der Waals surface area contributed by atoms with Crippen molar-refractivity contribution in [2.45, 2.75) is 6.61 Å². The molecule has 1 aromatic heterocycles. The van der Waals surface area contributed by atoms with E-state index < -0.39 is 5.91 Å². The molecule has 7 heteroatoms. The van der Waals surface area contributed by atoms with Crippen molar-refractivity contribution in [2.75, 3.05) is 0 Å². The summed E-state index contributed by atoms with van der Waals surface area (Å²) < 4.78 is 1.50. The first-order valence-electron chi connectivity index (χ1n) is 6.82. The summed E-state index contributed by atoms with van der Waals surface area (Å²) in [6.45, 7) is -0.204. The topological polar surface area (TPSA) is 94.0 Å². The number of carbonyl (C=O) groups excluding carboxylic acids is 1. The van der Waals surface area contributed by atoms with Crippen molar-refractivity contribution in [2.24, 2.45) is 5.73 Å². The van der Waals surface area contributed by atoms with Gasteiger partial charge in [0.05, 0.1) is 12.3 Å². The Labute approximate surface area is 137 Å². The molecule has 0 saturated heterocycles. The van der Waals surface area contributed by atoms with Crippen LogP contribution in [0.1, 0.15) is 16.2 Å². The molecule has 2 aromatic carbocycles. The van der Waals surface area contributed by atoms with Gasteiger partial charge in [0.2, 0.25) is 5.82 Å². The van der Waals surface area contributed by atoms with E-state index in [2.05, 4.69) is 10.1 Å². The quantitative estimate of drug-likeness (QED) is 0.767. The molecule has 0 aliphatic heterocycles. The summed E-state index contributed by atoms with van der Waals surface area (Å²) in [5.74, 6) is -0.313. The first-order chi connectivity index (χ1) is 11.1. The Balaban J connectivity index is 2.20. The summed E-state index contributed by atoms with van der Waals surface area (Å²) in [5.41, 5.74) is 7.26. The lowest BCUT2D eigenvalue weighted by atomic mass is 10.2. The highest BCUT2D eigenvalue weighted by Crippen LogP contribution is 2.24. The number of amides is 1. The van der Waals surface area contributed by atoms with E-state index in [1.54, 1.807) is 18.2 Å². The number of aliphatic hydroxyl groups is 1. The van der Waals surface area contributed by atoms with E-state index >= 15 is 0 Å². The summed E-state index contributed by atoms with van der Waals surface area (Å²) in [5, 5.41) is 14.0. The van der Waals surface area contributed by atoms with Crippen LogP contribution in [0.15, 0.2) is 48.5 Å². The normalized spacial score (nSPS) is 10.7.